The molecule has 1 fully saturated rings. The highest BCUT2D eigenvalue weighted by Gasteiger charge is 2.32. The van der Waals surface area contributed by atoms with Gasteiger partial charge in [-0.1, -0.05) is 19.8 Å². The Labute approximate surface area is 163 Å². The van der Waals surface area contributed by atoms with Gasteiger partial charge in [-0.25, -0.2) is 0 Å². The lowest BCUT2D eigenvalue weighted by Gasteiger charge is -2.26. The Morgan fingerprint density at radius 2 is 1.93 bits per heavy atom. The van der Waals surface area contributed by atoms with Crippen LogP contribution in [-0.4, -0.2) is 63.0 Å². The van der Waals surface area contributed by atoms with Crippen molar-refractivity contribution in [2.24, 2.45) is 0 Å². The van der Waals surface area contributed by atoms with Crippen LogP contribution in [0.5, 0.6) is 5.75 Å². The quantitative estimate of drug-likeness (QED) is 0.599. The highest BCUT2D eigenvalue weighted by Crippen LogP contribution is 2.22. The number of carbonyl (C=O) groups is 1. The summed E-state index contributed by atoms with van der Waals surface area (Å²) < 4.78 is 16.6. The minimum atomic E-state index is -0.801. The molecule has 0 aromatic heterocycles. The second-order valence-electron chi connectivity index (χ2n) is 7.17. The number of nitrogens with zero attached hydrogens (tertiary/aromatic N) is 1. The summed E-state index contributed by atoms with van der Waals surface area (Å²) in [5.74, 6) is 0.702. The van der Waals surface area contributed by atoms with Gasteiger partial charge in [-0.15, -0.1) is 0 Å². The summed E-state index contributed by atoms with van der Waals surface area (Å²) in [6.07, 6.45) is 3.68. The number of rotatable bonds is 11. The van der Waals surface area contributed by atoms with Gasteiger partial charge < -0.3 is 19.5 Å². The normalized spacial score (nSPS) is 17.3. The Balaban J connectivity index is 1.74. The first kappa shape index (κ1) is 21.7. The first-order valence-corrected chi connectivity index (χ1v) is 9.97. The van der Waals surface area contributed by atoms with Crippen LogP contribution in [0, 0.1) is 0 Å². The number of nitrogens with one attached hydrogen (secondary N) is 1. The number of ether oxygens (including phenoxy) is 3. The minimum absolute atomic E-state index is 0.113. The number of amides is 1. The molecule has 1 aliphatic heterocycles. The monoisotopic (exact) mass is 378 g/mol. The Morgan fingerprint density at radius 1 is 1.22 bits per heavy atom. The van der Waals surface area contributed by atoms with Crippen LogP contribution in [0.2, 0.25) is 0 Å². The number of carbonyl (C=O) groups excluding carboxylic acids is 1. The third-order valence-corrected chi connectivity index (χ3v) is 5.04. The number of morpholine rings is 1. The van der Waals surface area contributed by atoms with Crippen molar-refractivity contribution in [1.29, 1.82) is 0 Å². The van der Waals surface area contributed by atoms with Gasteiger partial charge in [-0.3, -0.25) is 9.69 Å². The lowest BCUT2D eigenvalue weighted by atomic mass is 9.97. The van der Waals surface area contributed by atoms with Gasteiger partial charge in [0.2, 0.25) is 0 Å². The molecule has 1 atom stereocenters. The molecule has 6 nitrogen and oxygen atoms in total. The fourth-order valence-corrected chi connectivity index (χ4v) is 3.02. The number of methoxy groups -OCH3 is 1. The molecule has 0 spiro atoms. The summed E-state index contributed by atoms with van der Waals surface area (Å²) in [6.45, 7) is 9.33. The molecule has 27 heavy (non-hydrogen) atoms. The maximum Gasteiger partial charge on any atom is 0.256 e. The van der Waals surface area contributed by atoms with Crippen molar-refractivity contribution in [2.45, 2.75) is 45.1 Å². The molecule has 1 saturated heterocycles. The third kappa shape index (κ3) is 7.13. The van der Waals surface area contributed by atoms with Crippen molar-refractivity contribution in [1.82, 2.24) is 4.90 Å². The molecule has 1 aliphatic rings. The standard InChI is InChI=1S/C21H34N2O4/c1-4-5-11-21(2,25-3)20(24)22-18-7-9-19(10-8-18)27-15-6-12-23-13-16-26-17-14-23/h7-10H,4-6,11-17H2,1-3H3,(H,22,24). The van der Waals surface area contributed by atoms with E-state index in [1.807, 2.05) is 31.2 Å². The fourth-order valence-electron chi connectivity index (χ4n) is 3.02. The van der Waals surface area contributed by atoms with Crippen LogP contribution in [0.4, 0.5) is 5.69 Å². The van der Waals surface area contributed by atoms with E-state index in [0.717, 1.165) is 63.5 Å². The lowest BCUT2D eigenvalue weighted by molar-refractivity contribution is -0.136. The van der Waals surface area contributed by atoms with Gasteiger partial charge in [0.25, 0.3) is 5.91 Å². The van der Waals surface area contributed by atoms with Crippen molar-refractivity contribution >= 4 is 11.6 Å². The Bertz CT molecular complexity index is 558. The van der Waals surface area contributed by atoms with Gasteiger partial charge >= 0.3 is 0 Å². The van der Waals surface area contributed by atoms with Gasteiger partial charge in [0, 0.05) is 32.4 Å². The Morgan fingerprint density at radius 3 is 2.56 bits per heavy atom. The molecular formula is C21H34N2O4. The van der Waals surface area contributed by atoms with E-state index in [1.54, 1.807) is 7.11 Å². The van der Waals surface area contributed by atoms with Crippen molar-refractivity contribution in [3.63, 3.8) is 0 Å². The SMILES string of the molecule is CCCCC(C)(OC)C(=O)Nc1ccc(OCCCN2CCOCC2)cc1. The molecule has 0 radical (unpaired) electrons. The molecular weight excluding hydrogens is 344 g/mol. The predicted octanol–water partition coefficient (Wildman–Crippen LogP) is 3.32. The molecule has 1 N–H and O–H groups in total. The summed E-state index contributed by atoms with van der Waals surface area (Å²) in [4.78, 5) is 14.9. The number of benzene rings is 1. The van der Waals surface area contributed by atoms with E-state index in [2.05, 4.69) is 17.1 Å². The highest BCUT2D eigenvalue weighted by molar-refractivity contribution is 5.97. The Kier molecular flexibility index (Phi) is 9.04. The summed E-state index contributed by atoms with van der Waals surface area (Å²) in [5.41, 5.74) is -0.0505. The van der Waals surface area contributed by atoms with Crippen molar-refractivity contribution in [3.8, 4) is 5.75 Å². The average Bonchev–Trinajstić information content (AvgIpc) is 2.71. The van der Waals surface area contributed by atoms with E-state index in [1.165, 1.54) is 0 Å². The predicted molar refractivity (Wildman–Crippen MR) is 107 cm³/mol. The summed E-state index contributed by atoms with van der Waals surface area (Å²) in [7, 11) is 1.59. The van der Waals surface area contributed by atoms with Crippen LogP contribution < -0.4 is 10.1 Å². The zero-order valence-electron chi connectivity index (χ0n) is 17.0. The van der Waals surface area contributed by atoms with Gasteiger partial charge in [0.1, 0.15) is 11.4 Å². The molecule has 2 rings (SSSR count). The van der Waals surface area contributed by atoms with Crippen LogP contribution in [0.3, 0.4) is 0 Å². The van der Waals surface area contributed by atoms with Gasteiger partial charge in [-0.05, 0) is 44.0 Å². The van der Waals surface area contributed by atoms with Crippen LogP contribution in [0.15, 0.2) is 24.3 Å². The van der Waals surface area contributed by atoms with E-state index in [0.29, 0.717) is 13.0 Å². The van der Waals surface area contributed by atoms with Crippen molar-refractivity contribution in [3.05, 3.63) is 24.3 Å². The van der Waals surface area contributed by atoms with E-state index in [4.69, 9.17) is 14.2 Å². The molecule has 1 amide bonds. The van der Waals surface area contributed by atoms with Gasteiger partial charge in [0.15, 0.2) is 0 Å². The molecule has 1 heterocycles. The maximum atomic E-state index is 12.5. The lowest BCUT2D eigenvalue weighted by Crippen LogP contribution is -2.41. The summed E-state index contributed by atoms with van der Waals surface area (Å²) in [6, 6.07) is 7.51. The zero-order valence-corrected chi connectivity index (χ0v) is 17.0. The van der Waals surface area contributed by atoms with E-state index in [-0.39, 0.29) is 5.91 Å². The van der Waals surface area contributed by atoms with Gasteiger partial charge in [-0.2, -0.15) is 0 Å². The second-order valence-corrected chi connectivity index (χ2v) is 7.17. The third-order valence-electron chi connectivity index (χ3n) is 5.04. The van der Waals surface area contributed by atoms with E-state index in [9.17, 15) is 4.79 Å². The van der Waals surface area contributed by atoms with Gasteiger partial charge in [0.05, 0.1) is 19.8 Å². The molecule has 1 aromatic rings. The van der Waals surface area contributed by atoms with Crippen molar-refractivity contribution < 1.29 is 19.0 Å². The molecule has 0 saturated carbocycles. The summed E-state index contributed by atoms with van der Waals surface area (Å²) >= 11 is 0. The first-order valence-electron chi connectivity index (χ1n) is 9.97. The van der Waals surface area contributed by atoms with E-state index >= 15 is 0 Å². The number of anilines is 1. The maximum absolute atomic E-state index is 12.5. The molecule has 152 valence electrons. The first-order chi connectivity index (χ1) is 13.1. The van der Waals surface area contributed by atoms with Crippen molar-refractivity contribution in [2.75, 3.05) is 51.9 Å². The second kappa shape index (κ2) is 11.3. The number of hydrogen-bond acceptors (Lipinski definition) is 5. The molecule has 1 unspecified atom stereocenters. The van der Waals surface area contributed by atoms with E-state index < -0.39 is 5.60 Å². The fraction of sp³-hybridized carbons (Fsp3) is 0.667. The highest BCUT2D eigenvalue weighted by atomic mass is 16.5. The Hall–Kier alpha value is -1.63. The molecule has 6 heteroatoms. The average molecular weight is 379 g/mol. The molecule has 0 aliphatic carbocycles. The van der Waals surface area contributed by atoms with Crippen LogP contribution in [-0.2, 0) is 14.3 Å². The zero-order chi connectivity index (χ0) is 19.5. The number of hydrogen-bond donors (Lipinski definition) is 1. The number of unbranched alkanes of at least 4 members (excludes halogenated alkanes) is 1. The van der Waals surface area contributed by atoms with Crippen LogP contribution in [0.1, 0.15) is 39.5 Å². The van der Waals surface area contributed by atoms with Crippen LogP contribution >= 0.6 is 0 Å². The van der Waals surface area contributed by atoms with Crippen LogP contribution in [0.25, 0.3) is 0 Å². The topological polar surface area (TPSA) is 60.0 Å². The smallest absolute Gasteiger partial charge is 0.256 e. The minimum Gasteiger partial charge on any atom is -0.494 e. The molecule has 1 aromatic carbocycles. The summed E-state index contributed by atoms with van der Waals surface area (Å²) in [5, 5.41) is 2.94. The largest absolute Gasteiger partial charge is 0.494 e. The molecule has 0 bridgehead atoms.